The molecular weight excluding hydrogens is 316 g/mol. The molecule has 1 aliphatic carbocycles. The Labute approximate surface area is 157 Å². The number of nitrogens with two attached hydrogens (primary N) is 1. The van der Waals surface area contributed by atoms with Crippen LogP contribution < -0.4 is 11.3 Å². The minimum absolute atomic E-state index is 0.322. The zero-order chi connectivity index (χ0) is 19.1. The van der Waals surface area contributed by atoms with Gasteiger partial charge in [-0.05, 0) is 60.8 Å². The van der Waals surface area contributed by atoms with Gasteiger partial charge in [-0.3, -0.25) is 5.84 Å². The zero-order valence-electron chi connectivity index (χ0n) is 16.1. The molecule has 0 bridgehead atoms. The predicted octanol–water partition coefficient (Wildman–Crippen LogP) is 5.71. The molecular formula is C24H28N2. The molecule has 0 saturated carbocycles. The van der Waals surface area contributed by atoms with Gasteiger partial charge >= 0.3 is 0 Å². The minimum atomic E-state index is 0.322. The second-order valence-corrected chi connectivity index (χ2v) is 6.50. The minimum Gasteiger partial charge on any atom is -0.328 e. The zero-order valence-corrected chi connectivity index (χ0v) is 16.1. The average molecular weight is 345 g/mol. The van der Waals surface area contributed by atoms with E-state index in [-0.39, 0.29) is 0 Å². The Morgan fingerprint density at radius 3 is 2.46 bits per heavy atom. The molecule has 0 aromatic heterocycles. The van der Waals surface area contributed by atoms with Crippen LogP contribution in [0.2, 0.25) is 0 Å². The van der Waals surface area contributed by atoms with Crippen molar-refractivity contribution in [1.82, 2.24) is 5.43 Å². The first-order valence-corrected chi connectivity index (χ1v) is 8.89. The van der Waals surface area contributed by atoms with Gasteiger partial charge in [0.15, 0.2) is 0 Å². The van der Waals surface area contributed by atoms with Crippen molar-refractivity contribution in [3.05, 3.63) is 107 Å². The summed E-state index contributed by atoms with van der Waals surface area (Å²) in [6.07, 6.45) is 12.3. The average Bonchev–Trinajstić information content (AvgIpc) is 2.94. The maximum atomic E-state index is 5.64. The normalized spacial score (nSPS) is 15.9. The number of allylic oxidation sites excluding steroid dienone is 10. The molecule has 1 unspecified atom stereocenters. The Balaban J connectivity index is 2.35. The lowest BCUT2D eigenvalue weighted by Gasteiger charge is -2.18. The van der Waals surface area contributed by atoms with Crippen LogP contribution in [0.1, 0.15) is 44.7 Å². The Bertz CT molecular complexity index is 852. The molecule has 0 spiro atoms. The number of nitrogens with one attached hydrogen (secondary N) is 1. The van der Waals surface area contributed by atoms with Crippen LogP contribution in [0.5, 0.6) is 0 Å². The summed E-state index contributed by atoms with van der Waals surface area (Å²) in [6.45, 7) is 12.3. The first-order valence-electron chi connectivity index (χ1n) is 8.89. The first-order chi connectivity index (χ1) is 12.5. The second kappa shape index (κ2) is 9.05. The predicted molar refractivity (Wildman–Crippen MR) is 113 cm³/mol. The van der Waals surface area contributed by atoms with Crippen LogP contribution in [-0.2, 0) is 0 Å². The van der Waals surface area contributed by atoms with Crippen molar-refractivity contribution < 1.29 is 0 Å². The van der Waals surface area contributed by atoms with Gasteiger partial charge in [0.2, 0.25) is 0 Å². The highest BCUT2D eigenvalue weighted by Crippen LogP contribution is 2.32. The molecule has 134 valence electrons. The Hall–Kier alpha value is -2.80. The molecule has 0 heterocycles. The molecule has 1 aliphatic rings. The fourth-order valence-corrected chi connectivity index (χ4v) is 3.18. The fraction of sp³-hybridized carbons (Fsp3) is 0.208. The third kappa shape index (κ3) is 4.43. The van der Waals surface area contributed by atoms with E-state index in [2.05, 4.69) is 67.2 Å². The van der Waals surface area contributed by atoms with Gasteiger partial charge in [0.1, 0.15) is 0 Å². The highest BCUT2D eigenvalue weighted by atomic mass is 15.2. The van der Waals surface area contributed by atoms with Crippen molar-refractivity contribution in [2.24, 2.45) is 5.84 Å². The standard InChI is InChI=1S/C24H28N2/c1-6-23(24(17(2)3)19(5)26-25)22-15-13-21(14-16-22)18(4)20-11-9-7-8-10-12-20/h6-7,9-16,18,26H,2,25H2,1,3-5H3/b23-6-,24-19-. The Morgan fingerprint density at radius 1 is 1.19 bits per heavy atom. The maximum Gasteiger partial charge on any atom is 0.0309 e. The molecule has 2 rings (SSSR count). The van der Waals surface area contributed by atoms with E-state index in [1.807, 2.05) is 39.0 Å². The number of hydrogen-bond acceptors (Lipinski definition) is 2. The van der Waals surface area contributed by atoms with E-state index >= 15 is 0 Å². The lowest BCUT2D eigenvalue weighted by molar-refractivity contribution is 0.876. The Morgan fingerprint density at radius 2 is 1.88 bits per heavy atom. The SMILES string of the molecule is C=C(C)C(/C(=C\C)c1ccc(C(C)C2=CC=C=CC=C2)cc1)=C(\C)NN. The number of hydrazine groups is 1. The lowest BCUT2D eigenvalue weighted by Crippen LogP contribution is -2.21. The molecule has 2 nitrogen and oxygen atoms in total. The molecule has 0 aliphatic heterocycles. The van der Waals surface area contributed by atoms with Gasteiger partial charge in [0.05, 0.1) is 0 Å². The lowest BCUT2D eigenvalue weighted by atomic mass is 9.88. The van der Waals surface area contributed by atoms with E-state index in [9.17, 15) is 0 Å². The third-order valence-corrected chi connectivity index (χ3v) is 4.65. The summed E-state index contributed by atoms with van der Waals surface area (Å²) in [6, 6.07) is 8.73. The van der Waals surface area contributed by atoms with Crippen molar-refractivity contribution in [2.75, 3.05) is 0 Å². The van der Waals surface area contributed by atoms with E-state index in [0.717, 1.165) is 28.0 Å². The Kier molecular flexibility index (Phi) is 6.80. The molecule has 0 saturated heterocycles. The molecule has 1 aromatic rings. The maximum absolute atomic E-state index is 5.64. The van der Waals surface area contributed by atoms with E-state index < -0.39 is 0 Å². The monoisotopic (exact) mass is 344 g/mol. The quantitative estimate of drug-likeness (QED) is 0.300. The first kappa shape index (κ1) is 19.5. The van der Waals surface area contributed by atoms with Crippen molar-refractivity contribution in [3.8, 4) is 0 Å². The molecule has 0 radical (unpaired) electrons. The topological polar surface area (TPSA) is 38.0 Å². The summed E-state index contributed by atoms with van der Waals surface area (Å²) >= 11 is 0. The van der Waals surface area contributed by atoms with Crippen LogP contribution in [-0.4, -0.2) is 0 Å². The summed E-state index contributed by atoms with van der Waals surface area (Å²) < 4.78 is 0. The van der Waals surface area contributed by atoms with E-state index in [1.165, 1.54) is 11.1 Å². The highest BCUT2D eigenvalue weighted by molar-refractivity contribution is 5.83. The number of benzene rings is 1. The fourth-order valence-electron chi connectivity index (χ4n) is 3.18. The van der Waals surface area contributed by atoms with Crippen LogP contribution in [0.3, 0.4) is 0 Å². The van der Waals surface area contributed by atoms with Gasteiger partial charge in [-0.1, -0.05) is 62.1 Å². The van der Waals surface area contributed by atoms with Gasteiger partial charge < -0.3 is 5.43 Å². The second-order valence-electron chi connectivity index (χ2n) is 6.50. The van der Waals surface area contributed by atoms with Crippen molar-refractivity contribution in [1.29, 1.82) is 0 Å². The van der Waals surface area contributed by atoms with Gasteiger partial charge in [0.25, 0.3) is 0 Å². The van der Waals surface area contributed by atoms with E-state index in [1.54, 1.807) is 0 Å². The van der Waals surface area contributed by atoms with E-state index in [4.69, 9.17) is 5.84 Å². The number of hydrogen-bond donors (Lipinski definition) is 2. The summed E-state index contributed by atoms with van der Waals surface area (Å²) in [7, 11) is 0. The molecule has 1 aromatic carbocycles. The van der Waals surface area contributed by atoms with Crippen LogP contribution in [0, 0.1) is 0 Å². The van der Waals surface area contributed by atoms with Gasteiger partial charge in [-0.25, -0.2) is 0 Å². The van der Waals surface area contributed by atoms with Crippen LogP contribution in [0.25, 0.3) is 5.57 Å². The molecule has 3 N–H and O–H groups in total. The van der Waals surface area contributed by atoms with Crippen molar-refractivity contribution in [2.45, 2.75) is 33.6 Å². The van der Waals surface area contributed by atoms with Gasteiger partial charge in [-0.2, -0.15) is 0 Å². The van der Waals surface area contributed by atoms with Crippen LogP contribution in [0.4, 0.5) is 0 Å². The summed E-state index contributed by atoms with van der Waals surface area (Å²) in [5.74, 6) is 5.96. The molecule has 2 heteroatoms. The van der Waals surface area contributed by atoms with E-state index in [0.29, 0.717) is 5.92 Å². The highest BCUT2D eigenvalue weighted by Gasteiger charge is 2.13. The third-order valence-electron chi connectivity index (χ3n) is 4.65. The number of rotatable bonds is 6. The van der Waals surface area contributed by atoms with Crippen LogP contribution >= 0.6 is 0 Å². The molecule has 0 amide bonds. The van der Waals surface area contributed by atoms with Crippen LogP contribution in [0.15, 0.2) is 95.4 Å². The van der Waals surface area contributed by atoms with Gasteiger partial charge in [0, 0.05) is 17.2 Å². The smallest absolute Gasteiger partial charge is 0.0309 e. The van der Waals surface area contributed by atoms with Crippen molar-refractivity contribution >= 4 is 5.57 Å². The van der Waals surface area contributed by atoms with Crippen molar-refractivity contribution in [3.63, 3.8) is 0 Å². The molecule has 1 atom stereocenters. The largest absolute Gasteiger partial charge is 0.328 e. The summed E-state index contributed by atoms with van der Waals surface area (Å²) in [5, 5.41) is 0. The molecule has 26 heavy (non-hydrogen) atoms. The summed E-state index contributed by atoms with van der Waals surface area (Å²) in [4.78, 5) is 0. The molecule has 0 fully saturated rings. The summed E-state index contributed by atoms with van der Waals surface area (Å²) in [5.41, 5.74) is 13.7. The van der Waals surface area contributed by atoms with Gasteiger partial charge in [-0.15, -0.1) is 5.73 Å².